The maximum Gasteiger partial charge on any atom is 0.338 e. The minimum Gasteiger partial charge on any atom is -0.457 e. The van der Waals surface area contributed by atoms with Gasteiger partial charge in [0.2, 0.25) is 0 Å². The number of nitrogens with one attached hydrogen (secondary N) is 2. The Morgan fingerprint density at radius 2 is 1.84 bits per heavy atom. The Balaban J connectivity index is 1.84. The second-order valence-corrected chi connectivity index (χ2v) is 7.01. The summed E-state index contributed by atoms with van der Waals surface area (Å²) in [5, 5.41) is 6.66. The quantitative estimate of drug-likeness (QED) is 0.582. The largest absolute Gasteiger partial charge is 0.457 e. The normalized spacial score (nSPS) is 16.9. The van der Waals surface area contributed by atoms with E-state index in [4.69, 9.17) is 17.0 Å². The van der Waals surface area contributed by atoms with E-state index in [-0.39, 0.29) is 18.6 Å². The number of benzene rings is 2. The summed E-state index contributed by atoms with van der Waals surface area (Å²) in [4.78, 5) is 12.7. The number of ether oxygens (including phenoxy) is 1. The summed E-state index contributed by atoms with van der Waals surface area (Å²) in [6.07, 6.45) is 0. The lowest BCUT2D eigenvalue weighted by atomic mass is 9.96. The molecule has 0 bridgehead atoms. The predicted molar refractivity (Wildman–Crippen MR) is 105 cm³/mol. The Morgan fingerprint density at radius 3 is 2.52 bits per heavy atom. The molecule has 2 N–H and O–H groups in total. The van der Waals surface area contributed by atoms with Crippen molar-refractivity contribution in [1.82, 2.24) is 10.6 Å². The van der Waals surface area contributed by atoms with Crippen molar-refractivity contribution < 1.29 is 9.53 Å². The van der Waals surface area contributed by atoms with E-state index in [1.54, 1.807) is 0 Å². The highest BCUT2D eigenvalue weighted by molar-refractivity contribution is 9.10. The number of carbonyl (C=O) groups excluding carboxylic acids is 1. The fourth-order valence-electron chi connectivity index (χ4n) is 2.67. The first-order valence-electron chi connectivity index (χ1n) is 7.79. The van der Waals surface area contributed by atoms with Crippen LogP contribution in [0.2, 0.25) is 0 Å². The highest BCUT2D eigenvalue weighted by atomic mass is 79.9. The minimum atomic E-state index is -0.364. The maximum absolute atomic E-state index is 12.7. The standard InChI is InChI=1S/C19H17BrN2O2S/c1-12-16(18(23)24-11-13-5-3-2-4-6-13)17(22-19(25)21-12)14-7-9-15(20)10-8-14/h2-10,17H,11H2,1H3,(H2,21,22,25)/t17-/m0/s1. The van der Waals surface area contributed by atoms with E-state index in [1.807, 2.05) is 61.5 Å². The van der Waals surface area contributed by atoms with Crippen LogP contribution in [0.15, 0.2) is 70.3 Å². The van der Waals surface area contributed by atoms with Gasteiger partial charge in [-0.15, -0.1) is 0 Å². The molecule has 3 rings (SSSR count). The molecule has 6 heteroatoms. The highest BCUT2D eigenvalue weighted by Gasteiger charge is 2.30. The number of carbonyl (C=O) groups is 1. The molecule has 1 heterocycles. The van der Waals surface area contributed by atoms with Gasteiger partial charge >= 0.3 is 5.97 Å². The lowest BCUT2D eigenvalue weighted by molar-refractivity contribution is -0.140. The summed E-state index contributed by atoms with van der Waals surface area (Å²) in [6, 6.07) is 17.0. The van der Waals surface area contributed by atoms with Gasteiger partial charge in [0.15, 0.2) is 5.11 Å². The number of thiocarbonyl (C=S) groups is 1. The predicted octanol–water partition coefficient (Wildman–Crippen LogP) is 3.99. The fourth-order valence-corrected chi connectivity index (χ4v) is 3.21. The molecule has 2 aromatic rings. The van der Waals surface area contributed by atoms with E-state index < -0.39 is 0 Å². The number of hydrogen-bond donors (Lipinski definition) is 2. The average Bonchev–Trinajstić information content (AvgIpc) is 2.60. The third kappa shape index (κ3) is 4.27. The van der Waals surface area contributed by atoms with Gasteiger partial charge in [0.05, 0.1) is 11.6 Å². The molecule has 2 aromatic carbocycles. The van der Waals surface area contributed by atoms with Crippen LogP contribution in [-0.2, 0) is 16.1 Å². The fraction of sp³-hybridized carbons (Fsp3) is 0.158. The van der Waals surface area contributed by atoms with Gasteiger partial charge in [0, 0.05) is 10.2 Å². The van der Waals surface area contributed by atoms with Crippen LogP contribution in [0.3, 0.4) is 0 Å². The van der Waals surface area contributed by atoms with Crippen molar-refractivity contribution in [2.24, 2.45) is 0 Å². The highest BCUT2D eigenvalue weighted by Crippen LogP contribution is 2.28. The second kappa shape index (κ2) is 7.80. The molecular weight excluding hydrogens is 400 g/mol. The summed E-state index contributed by atoms with van der Waals surface area (Å²) >= 11 is 8.67. The number of esters is 1. The van der Waals surface area contributed by atoms with Crippen LogP contribution in [-0.4, -0.2) is 11.1 Å². The number of hydrogen-bond acceptors (Lipinski definition) is 3. The van der Waals surface area contributed by atoms with Gasteiger partial charge in [-0.25, -0.2) is 4.79 Å². The number of halogens is 1. The van der Waals surface area contributed by atoms with Gasteiger partial charge in [-0.2, -0.15) is 0 Å². The van der Waals surface area contributed by atoms with E-state index in [1.165, 1.54) is 0 Å². The second-order valence-electron chi connectivity index (χ2n) is 5.68. The summed E-state index contributed by atoms with van der Waals surface area (Å²) in [7, 11) is 0. The molecular formula is C19H17BrN2O2S. The van der Waals surface area contributed by atoms with Crippen LogP contribution >= 0.6 is 28.1 Å². The van der Waals surface area contributed by atoms with Gasteiger partial charge in [-0.05, 0) is 42.4 Å². The molecule has 0 aliphatic carbocycles. The first-order valence-corrected chi connectivity index (χ1v) is 8.99. The van der Waals surface area contributed by atoms with E-state index >= 15 is 0 Å². The molecule has 1 atom stereocenters. The molecule has 0 aromatic heterocycles. The Morgan fingerprint density at radius 1 is 1.16 bits per heavy atom. The van der Waals surface area contributed by atoms with Crippen molar-refractivity contribution in [2.75, 3.05) is 0 Å². The lowest BCUT2D eigenvalue weighted by Gasteiger charge is -2.30. The smallest absolute Gasteiger partial charge is 0.338 e. The zero-order chi connectivity index (χ0) is 17.8. The Labute approximate surface area is 160 Å². The summed E-state index contributed by atoms with van der Waals surface area (Å²) in [6.45, 7) is 2.06. The number of rotatable bonds is 4. The summed E-state index contributed by atoms with van der Waals surface area (Å²) < 4.78 is 6.49. The lowest BCUT2D eigenvalue weighted by Crippen LogP contribution is -2.45. The molecule has 0 amide bonds. The zero-order valence-electron chi connectivity index (χ0n) is 13.6. The molecule has 25 heavy (non-hydrogen) atoms. The Bertz CT molecular complexity index is 819. The molecule has 0 fully saturated rings. The van der Waals surface area contributed by atoms with Crippen molar-refractivity contribution in [3.63, 3.8) is 0 Å². The zero-order valence-corrected chi connectivity index (χ0v) is 16.0. The molecule has 1 aliphatic heterocycles. The van der Waals surface area contributed by atoms with E-state index in [0.29, 0.717) is 16.4 Å². The average molecular weight is 417 g/mol. The van der Waals surface area contributed by atoms with Crippen LogP contribution in [0.4, 0.5) is 0 Å². The Hall–Kier alpha value is -2.18. The SMILES string of the molecule is CC1=C(C(=O)OCc2ccccc2)[C@H](c2ccc(Br)cc2)NC(=S)N1. The maximum atomic E-state index is 12.7. The molecule has 0 radical (unpaired) electrons. The van der Waals surface area contributed by atoms with Gasteiger partial charge in [-0.3, -0.25) is 0 Å². The van der Waals surface area contributed by atoms with Crippen LogP contribution in [0.25, 0.3) is 0 Å². The minimum absolute atomic E-state index is 0.230. The topological polar surface area (TPSA) is 50.4 Å². The van der Waals surface area contributed by atoms with E-state index in [0.717, 1.165) is 15.6 Å². The van der Waals surface area contributed by atoms with Gasteiger partial charge in [0.1, 0.15) is 6.61 Å². The van der Waals surface area contributed by atoms with Crippen molar-refractivity contribution >= 4 is 39.2 Å². The molecule has 0 saturated heterocycles. The summed E-state index contributed by atoms with van der Waals surface area (Å²) in [5.41, 5.74) is 3.13. The van der Waals surface area contributed by atoms with Crippen molar-refractivity contribution in [3.8, 4) is 0 Å². The summed E-state index contributed by atoms with van der Waals surface area (Å²) in [5.74, 6) is -0.364. The van der Waals surface area contributed by atoms with Crippen LogP contribution in [0, 0.1) is 0 Å². The van der Waals surface area contributed by atoms with Crippen molar-refractivity contribution in [1.29, 1.82) is 0 Å². The van der Waals surface area contributed by atoms with Crippen molar-refractivity contribution in [2.45, 2.75) is 19.6 Å². The molecule has 1 aliphatic rings. The van der Waals surface area contributed by atoms with Gasteiger partial charge in [-0.1, -0.05) is 58.4 Å². The molecule has 0 spiro atoms. The van der Waals surface area contributed by atoms with E-state index in [9.17, 15) is 4.79 Å². The van der Waals surface area contributed by atoms with Gasteiger partial charge in [0.25, 0.3) is 0 Å². The molecule has 0 unspecified atom stereocenters. The van der Waals surface area contributed by atoms with Gasteiger partial charge < -0.3 is 15.4 Å². The molecule has 0 saturated carbocycles. The first kappa shape index (κ1) is 17.6. The van der Waals surface area contributed by atoms with Crippen LogP contribution < -0.4 is 10.6 Å². The third-order valence-electron chi connectivity index (χ3n) is 3.91. The monoisotopic (exact) mass is 416 g/mol. The third-order valence-corrected chi connectivity index (χ3v) is 4.65. The Kier molecular flexibility index (Phi) is 5.50. The molecule has 4 nitrogen and oxygen atoms in total. The van der Waals surface area contributed by atoms with E-state index in [2.05, 4.69) is 26.6 Å². The first-order chi connectivity index (χ1) is 12.0. The van der Waals surface area contributed by atoms with Crippen molar-refractivity contribution in [3.05, 3.63) is 81.5 Å². The van der Waals surface area contributed by atoms with Crippen LogP contribution in [0.1, 0.15) is 24.1 Å². The van der Waals surface area contributed by atoms with Crippen LogP contribution in [0.5, 0.6) is 0 Å². The molecule has 128 valence electrons. The number of allylic oxidation sites excluding steroid dienone is 1.